The Kier molecular flexibility index (Phi) is 36.7. The molecule has 0 spiro atoms. The van der Waals surface area contributed by atoms with Gasteiger partial charge in [0.05, 0.1) is 0 Å². The van der Waals surface area contributed by atoms with E-state index in [1.807, 2.05) is 14.2 Å². The Morgan fingerprint density at radius 1 is 0.256 bits per heavy atom. The van der Waals surface area contributed by atoms with Crippen LogP contribution in [0.3, 0.4) is 0 Å². The molecule has 0 unspecified atom stereocenters. The molecular weight excluding hydrogens is 541 g/mol. The van der Waals surface area contributed by atoms with E-state index in [4.69, 9.17) is 8.85 Å². The van der Waals surface area contributed by atoms with Gasteiger partial charge in [0.15, 0.2) is 0 Å². The Morgan fingerprint density at radius 2 is 0.419 bits per heavy atom. The minimum atomic E-state index is -1.96. The standard InChI is InChI=1S/C40H84O2Si/c1-5-7-9-11-13-15-17-19-21-23-25-27-29-31-33-35-37-39-43(41-3,42-4)40-38-36-34-32-30-28-26-24-22-20-18-16-14-12-10-8-6-2/h5-40H2,1-4H3. The van der Waals surface area contributed by atoms with Crippen molar-refractivity contribution in [3.63, 3.8) is 0 Å². The van der Waals surface area contributed by atoms with Crippen LogP contribution in [0.5, 0.6) is 0 Å². The number of unbranched alkanes of at least 4 members (excludes halogenated alkanes) is 32. The topological polar surface area (TPSA) is 18.5 Å². The highest BCUT2D eigenvalue weighted by atomic mass is 28.4. The van der Waals surface area contributed by atoms with Crippen molar-refractivity contribution in [1.29, 1.82) is 0 Å². The molecule has 0 fully saturated rings. The first-order valence-corrected chi connectivity index (χ1v) is 22.6. The van der Waals surface area contributed by atoms with Crippen LogP contribution in [0.1, 0.15) is 232 Å². The van der Waals surface area contributed by atoms with E-state index in [0.29, 0.717) is 0 Å². The van der Waals surface area contributed by atoms with Gasteiger partial charge in [-0.1, -0.05) is 232 Å². The molecule has 0 rings (SSSR count). The van der Waals surface area contributed by atoms with Crippen molar-refractivity contribution in [2.24, 2.45) is 0 Å². The zero-order valence-corrected chi connectivity index (χ0v) is 31.8. The normalized spacial score (nSPS) is 12.0. The summed E-state index contributed by atoms with van der Waals surface area (Å²) in [6.07, 6.45) is 48.7. The molecule has 0 radical (unpaired) electrons. The maximum atomic E-state index is 6.06. The molecule has 0 heterocycles. The first kappa shape index (κ1) is 43.1. The predicted octanol–water partition coefficient (Wildman–Crippen LogP) is 15.0. The number of hydrogen-bond acceptors (Lipinski definition) is 2. The second kappa shape index (κ2) is 36.6. The van der Waals surface area contributed by atoms with E-state index >= 15 is 0 Å². The van der Waals surface area contributed by atoms with Crippen LogP contribution >= 0.6 is 0 Å². The third kappa shape index (κ3) is 31.9. The van der Waals surface area contributed by atoms with Crippen molar-refractivity contribution in [2.45, 2.75) is 244 Å². The lowest BCUT2D eigenvalue weighted by atomic mass is 10.0. The molecule has 0 aliphatic heterocycles. The van der Waals surface area contributed by atoms with E-state index in [9.17, 15) is 0 Å². The SMILES string of the molecule is CCCCCCCCCCCCCCCCCCC[Si](CCCCCCCCCCCCCCCCCCC)(OC)OC. The van der Waals surface area contributed by atoms with Gasteiger partial charge in [-0.25, -0.2) is 0 Å². The highest BCUT2D eigenvalue weighted by Gasteiger charge is 2.33. The molecule has 260 valence electrons. The molecule has 0 aliphatic carbocycles. The summed E-state index contributed by atoms with van der Waals surface area (Å²) in [6, 6.07) is 2.38. The van der Waals surface area contributed by atoms with Gasteiger partial charge in [-0.2, -0.15) is 0 Å². The van der Waals surface area contributed by atoms with Gasteiger partial charge in [-0.3, -0.25) is 0 Å². The fraction of sp³-hybridized carbons (Fsp3) is 1.00. The smallest absolute Gasteiger partial charge is 0.337 e. The molecule has 0 saturated heterocycles. The fourth-order valence-electron chi connectivity index (χ4n) is 6.86. The van der Waals surface area contributed by atoms with E-state index in [1.54, 1.807) is 0 Å². The Hall–Kier alpha value is 0.137. The lowest BCUT2D eigenvalue weighted by molar-refractivity contribution is 0.238. The summed E-state index contributed by atoms with van der Waals surface area (Å²) >= 11 is 0. The Labute approximate surface area is 275 Å². The molecule has 0 aliphatic rings. The van der Waals surface area contributed by atoms with Gasteiger partial charge in [0.1, 0.15) is 0 Å². The van der Waals surface area contributed by atoms with E-state index in [-0.39, 0.29) is 0 Å². The van der Waals surface area contributed by atoms with Crippen molar-refractivity contribution >= 4 is 8.56 Å². The first-order valence-electron chi connectivity index (χ1n) is 20.3. The minimum absolute atomic E-state index is 1.19. The average Bonchev–Trinajstić information content (AvgIpc) is 3.03. The van der Waals surface area contributed by atoms with Crippen LogP contribution < -0.4 is 0 Å². The van der Waals surface area contributed by atoms with E-state index < -0.39 is 8.56 Å². The Balaban J connectivity index is 3.49. The monoisotopic (exact) mass is 625 g/mol. The first-order chi connectivity index (χ1) is 21.2. The summed E-state index contributed by atoms with van der Waals surface area (Å²) in [7, 11) is 1.87. The molecular formula is C40H84O2Si. The maximum Gasteiger partial charge on any atom is 0.337 e. The van der Waals surface area contributed by atoms with E-state index in [0.717, 1.165) is 0 Å². The van der Waals surface area contributed by atoms with E-state index in [1.165, 1.54) is 230 Å². The van der Waals surface area contributed by atoms with E-state index in [2.05, 4.69) is 13.8 Å². The lowest BCUT2D eigenvalue weighted by Crippen LogP contribution is -2.39. The predicted molar refractivity (Wildman–Crippen MR) is 198 cm³/mol. The van der Waals surface area contributed by atoms with Gasteiger partial charge < -0.3 is 8.85 Å². The van der Waals surface area contributed by atoms with Gasteiger partial charge in [-0.15, -0.1) is 0 Å². The number of rotatable bonds is 38. The lowest BCUT2D eigenvalue weighted by Gasteiger charge is -2.27. The highest BCUT2D eigenvalue weighted by molar-refractivity contribution is 6.67. The Bertz CT molecular complexity index is 453. The van der Waals surface area contributed by atoms with Crippen LogP contribution in [0.4, 0.5) is 0 Å². The van der Waals surface area contributed by atoms with Crippen molar-refractivity contribution in [1.82, 2.24) is 0 Å². The fourth-order valence-corrected chi connectivity index (χ4v) is 9.67. The zero-order valence-electron chi connectivity index (χ0n) is 30.8. The van der Waals surface area contributed by atoms with Crippen LogP contribution in [0.15, 0.2) is 0 Å². The maximum absolute atomic E-state index is 6.06. The molecule has 0 N–H and O–H groups in total. The third-order valence-electron chi connectivity index (χ3n) is 10.1. The van der Waals surface area contributed by atoms with Gasteiger partial charge in [0, 0.05) is 14.2 Å². The second-order valence-electron chi connectivity index (χ2n) is 14.1. The largest absolute Gasteiger partial charge is 0.398 e. The van der Waals surface area contributed by atoms with Gasteiger partial charge >= 0.3 is 8.56 Å². The van der Waals surface area contributed by atoms with Crippen LogP contribution in [-0.2, 0) is 8.85 Å². The Morgan fingerprint density at radius 3 is 0.581 bits per heavy atom. The molecule has 0 aromatic heterocycles. The van der Waals surface area contributed by atoms with Crippen molar-refractivity contribution in [2.75, 3.05) is 14.2 Å². The van der Waals surface area contributed by atoms with Crippen LogP contribution in [0.25, 0.3) is 0 Å². The molecule has 43 heavy (non-hydrogen) atoms. The molecule has 0 aromatic carbocycles. The molecule has 0 amide bonds. The van der Waals surface area contributed by atoms with Crippen LogP contribution in [0, 0.1) is 0 Å². The second-order valence-corrected chi connectivity index (χ2v) is 17.8. The zero-order chi connectivity index (χ0) is 31.4. The van der Waals surface area contributed by atoms with Crippen molar-refractivity contribution < 1.29 is 8.85 Å². The summed E-state index contributed by atoms with van der Waals surface area (Å²) in [4.78, 5) is 0. The van der Waals surface area contributed by atoms with Crippen molar-refractivity contribution in [3.8, 4) is 0 Å². The van der Waals surface area contributed by atoms with Gasteiger partial charge in [-0.05, 0) is 12.1 Å². The third-order valence-corrected chi connectivity index (χ3v) is 13.8. The average molecular weight is 625 g/mol. The summed E-state index contributed by atoms with van der Waals surface area (Å²) < 4.78 is 12.1. The molecule has 0 saturated carbocycles. The summed E-state index contributed by atoms with van der Waals surface area (Å²) in [5, 5.41) is 0. The molecule has 0 aromatic rings. The highest BCUT2D eigenvalue weighted by Crippen LogP contribution is 2.25. The molecule has 2 nitrogen and oxygen atoms in total. The summed E-state index contributed by atoms with van der Waals surface area (Å²) in [5.41, 5.74) is 0. The number of hydrogen-bond donors (Lipinski definition) is 0. The summed E-state index contributed by atoms with van der Waals surface area (Å²) in [5.74, 6) is 0. The molecule has 0 bridgehead atoms. The summed E-state index contributed by atoms with van der Waals surface area (Å²) in [6.45, 7) is 4.61. The quantitative estimate of drug-likeness (QED) is 0.0502. The van der Waals surface area contributed by atoms with Crippen LogP contribution in [-0.4, -0.2) is 22.8 Å². The van der Waals surface area contributed by atoms with Crippen molar-refractivity contribution in [3.05, 3.63) is 0 Å². The molecule has 0 atom stereocenters. The molecule has 3 heteroatoms. The minimum Gasteiger partial charge on any atom is -0.398 e. The van der Waals surface area contributed by atoms with Crippen LogP contribution in [0.2, 0.25) is 12.1 Å². The van der Waals surface area contributed by atoms with Gasteiger partial charge in [0.2, 0.25) is 0 Å². The van der Waals surface area contributed by atoms with Gasteiger partial charge in [0.25, 0.3) is 0 Å².